The van der Waals surface area contributed by atoms with Gasteiger partial charge in [-0.05, 0) is 60.9 Å². The van der Waals surface area contributed by atoms with Gasteiger partial charge < -0.3 is 9.64 Å². The van der Waals surface area contributed by atoms with Crippen molar-refractivity contribution in [2.45, 2.75) is 30.8 Å². The molecule has 0 saturated carbocycles. The van der Waals surface area contributed by atoms with E-state index in [-0.39, 0.29) is 40.7 Å². The number of amides is 1. The van der Waals surface area contributed by atoms with Crippen molar-refractivity contribution in [1.82, 2.24) is 4.31 Å². The molecule has 178 valence electrons. The monoisotopic (exact) mass is 562 g/mol. The van der Waals surface area contributed by atoms with Crippen molar-refractivity contribution in [3.8, 4) is 5.75 Å². The molecule has 0 fully saturated rings. The highest BCUT2D eigenvalue weighted by atomic mass is 79.9. The molecule has 9 heteroatoms. The van der Waals surface area contributed by atoms with Crippen LogP contribution in [0.15, 0.2) is 76.1 Å². The summed E-state index contributed by atoms with van der Waals surface area (Å²) in [7, 11) is -2.72. The lowest BCUT2D eigenvalue weighted by Gasteiger charge is -2.28. The molecule has 4 rings (SSSR count). The van der Waals surface area contributed by atoms with E-state index >= 15 is 0 Å². The molecule has 1 atom stereocenters. The molecule has 0 N–H and O–H groups in total. The van der Waals surface area contributed by atoms with E-state index in [1.807, 2.05) is 55.5 Å². The second-order valence-electron chi connectivity index (χ2n) is 8.14. The first-order valence-corrected chi connectivity index (χ1v) is 13.3. The van der Waals surface area contributed by atoms with Gasteiger partial charge in [0.1, 0.15) is 10.6 Å². The summed E-state index contributed by atoms with van der Waals surface area (Å²) < 4.78 is 35.0. The van der Waals surface area contributed by atoms with Gasteiger partial charge in [-0.15, -0.1) is 0 Å². The van der Waals surface area contributed by atoms with Gasteiger partial charge in [-0.3, -0.25) is 4.79 Å². The number of sulfonamides is 1. The second kappa shape index (κ2) is 10.1. The number of benzene rings is 3. The predicted octanol–water partition coefficient (Wildman–Crippen LogP) is 5.28. The van der Waals surface area contributed by atoms with Crippen molar-refractivity contribution < 1.29 is 17.9 Å². The number of methoxy groups -OCH3 is 1. The van der Waals surface area contributed by atoms with Crippen molar-refractivity contribution in [3.63, 3.8) is 0 Å². The largest absolute Gasteiger partial charge is 0.495 e. The van der Waals surface area contributed by atoms with Gasteiger partial charge in [-0.2, -0.15) is 4.31 Å². The van der Waals surface area contributed by atoms with Crippen LogP contribution in [0.5, 0.6) is 5.75 Å². The lowest BCUT2D eigenvalue weighted by Crippen LogP contribution is -2.44. The van der Waals surface area contributed by atoms with Crippen LogP contribution in [0.25, 0.3) is 0 Å². The van der Waals surface area contributed by atoms with Crippen molar-refractivity contribution >= 4 is 49.1 Å². The standard InChI is InChI=1S/C25H24BrClN2O4S/c1-17-12-19-13-20(26)8-10-22(19)29(17)25(30)16-28(15-18-6-4-3-5-7-18)34(31,32)24-14-21(27)9-11-23(24)33-2/h3-11,13-14,17H,12,15-16H2,1-2H3/t17-/m1/s1. The van der Waals surface area contributed by atoms with Gasteiger partial charge >= 0.3 is 0 Å². The van der Waals surface area contributed by atoms with Crippen LogP contribution in [0.1, 0.15) is 18.1 Å². The summed E-state index contributed by atoms with van der Waals surface area (Å²) in [5, 5.41) is 0.262. The number of fused-ring (bicyclic) bond motifs is 1. The highest BCUT2D eigenvalue weighted by Gasteiger charge is 2.35. The maximum absolute atomic E-state index is 13.8. The Morgan fingerprint density at radius 1 is 1.15 bits per heavy atom. The molecule has 3 aromatic carbocycles. The highest BCUT2D eigenvalue weighted by molar-refractivity contribution is 9.10. The van der Waals surface area contributed by atoms with Crippen LogP contribution < -0.4 is 9.64 Å². The van der Waals surface area contributed by atoms with Crippen LogP contribution in [0, 0.1) is 0 Å². The fourth-order valence-electron chi connectivity index (χ4n) is 4.21. The third-order valence-electron chi connectivity index (χ3n) is 5.78. The van der Waals surface area contributed by atoms with Crippen LogP contribution >= 0.6 is 27.5 Å². The molecule has 1 heterocycles. The minimum atomic E-state index is -4.12. The average Bonchev–Trinajstić information content (AvgIpc) is 3.14. The number of hydrogen-bond donors (Lipinski definition) is 0. The molecule has 1 aliphatic rings. The van der Waals surface area contributed by atoms with Crippen LogP contribution in [0.2, 0.25) is 5.02 Å². The quantitative estimate of drug-likeness (QED) is 0.392. The zero-order valence-electron chi connectivity index (χ0n) is 18.7. The Kier molecular flexibility index (Phi) is 7.33. The Balaban J connectivity index is 1.72. The lowest BCUT2D eigenvalue weighted by atomic mass is 10.1. The first-order valence-electron chi connectivity index (χ1n) is 10.7. The summed E-state index contributed by atoms with van der Waals surface area (Å²) in [5.41, 5.74) is 2.61. The first kappa shape index (κ1) is 24.7. The van der Waals surface area contributed by atoms with E-state index in [2.05, 4.69) is 15.9 Å². The van der Waals surface area contributed by atoms with E-state index in [9.17, 15) is 13.2 Å². The van der Waals surface area contributed by atoms with E-state index < -0.39 is 10.0 Å². The number of carbonyl (C=O) groups is 1. The van der Waals surface area contributed by atoms with Crippen LogP contribution in [0.4, 0.5) is 5.69 Å². The van der Waals surface area contributed by atoms with E-state index in [1.165, 1.54) is 23.5 Å². The molecule has 0 bridgehead atoms. The topological polar surface area (TPSA) is 66.9 Å². The summed E-state index contributed by atoms with van der Waals surface area (Å²) in [6.45, 7) is 1.66. The molecule has 0 saturated heterocycles. The lowest BCUT2D eigenvalue weighted by molar-refractivity contribution is -0.119. The third kappa shape index (κ3) is 5.00. The van der Waals surface area contributed by atoms with E-state index in [4.69, 9.17) is 16.3 Å². The minimum absolute atomic E-state index is 0.0278. The van der Waals surface area contributed by atoms with Gasteiger partial charge in [0.15, 0.2) is 0 Å². The van der Waals surface area contributed by atoms with Crippen molar-refractivity contribution in [2.75, 3.05) is 18.6 Å². The number of rotatable bonds is 7. The summed E-state index contributed by atoms with van der Waals surface area (Å²) >= 11 is 9.60. The Hall–Kier alpha value is -2.39. The van der Waals surface area contributed by atoms with E-state index in [1.54, 1.807) is 11.0 Å². The number of hydrogen-bond acceptors (Lipinski definition) is 4. The highest BCUT2D eigenvalue weighted by Crippen LogP contribution is 2.35. The summed E-state index contributed by atoms with van der Waals surface area (Å²) in [6, 6.07) is 19.3. The van der Waals surface area contributed by atoms with Crippen LogP contribution in [-0.2, 0) is 27.8 Å². The molecule has 0 aromatic heterocycles. The van der Waals surface area contributed by atoms with Gasteiger partial charge in [0.2, 0.25) is 15.9 Å². The molecule has 34 heavy (non-hydrogen) atoms. The van der Waals surface area contributed by atoms with Gasteiger partial charge in [0, 0.05) is 27.8 Å². The normalized spacial score (nSPS) is 15.4. The maximum Gasteiger partial charge on any atom is 0.247 e. The number of anilines is 1. The number of ether oxygens (including phenoxy) is 1. The Morgan fingerprint density at radius 3 is 2.59 bits per heavy atom. The van der Waals surface area contributed by atoms with Crippen molar-refractivity contribution in [2.24, 2.45) is 0 Å². The average molecular weight is 564 g/mol. The van der Waals surface area contributed by atoms with Gasteiger partial charge in [-0.25, -0.2) is 8.42 Å². The van der Waals surface area contributed by atoms with Crippen LogP contribution in [0.3, 0.4) is 0 Å². The molecular formula is C25H24BrClN2O4S. The zero-order valence-corrected chi connectivity index (χ0v) is 21.9. The number of nitrogens with zero attached hydrogens (tertiary/aromatic N) is 2. The Bertz CT molecular complexity index is 1320. The summed E-state index contributed by atoms with van der Waals surface area (Å²) in [6.07, 6.45) is 0.702. The molecule has 0 unspecified atom stereocenters. The number of halogens is 2. The second-order valence-corrected chi connectivity index (χ2v) is 11.4. The fourth-order valence-corrected chi connectivity index (χ4v) is 6.42. The first-order chi connectivity index (χ1) is 16.2. The predicted molar refractivity (Wildman–Crippen MR) is 137 cm³/mol. The summed E-state index contributed by atoms with van der Waals surface area (Å²) in [4.78, 5) is 15.2. The molecule has 6 nitrogen and oxygen atoms in total. The molecular weight excluding hydrogens is 540 g/mol. The number of carbonyl (C=O) groups excluding carboxylic acids is 1. The molecule has 0 spiro atoms. The SMILES string of the molecule is COc1ccc(Cl)cc1S(=O)(=O)N(CC(=O)N1c2ccc(Br)cc2C[C@H]1C)Cc1ccccc1. The molecule has 1 amide bonds. The van der Waals surface area contributed by atoms with Crippen molar-refractivity contribution in [1.29, 1.82) is 0 Å². The molecule has 0 radical (unpaired) electrons. The van der Waals surface area contributed by atoms with E-state index in [0.717, 1.165) is 21.3 Å². The van der Waals surface area contributed by atoms with Crippen LogP contribution in [-0.4, -0.2) is 38.3 Å². The summed E-state index contributed by atoms with van der Waals surface area (Å²) in [5.74, 6) is -0.131. The third-order valence-corrected chi connectivity index (χ3v) is 8.32. The smallest absolute Gasteiger partial charge is 0.247 e. The zero-order chi connectivity index (χ0) is 24.5. The molecule has 1 aliphatic heterocycles. The van der Waals surface area contributed by atoms with Gasteiger partial charge in [0.05, 0.1) is 13.7 Å². The minimum Gasteiger partial charge on any atom is -0.495 e. The fraction of sp³-hybridized carbons (Fsp3) is 0.240. The van der Waals surface area contributed by atoms with Gasteiger partial charge in [0.25, 0.3) is 0 Å². The maximum atomic E-state index is 13.8. The van der Waals surface area contributed by atoms with E-state index in [0.29, 0.717) is 6.42 Å². The Morgan fingerprint density at radius 2 is 1.88 bits per heavy atom. The van der Waals surface area contributed by atoms with Crippen molar-refractivity contribution in [3.05, 3.63) is 87.4 Å². The molecule has 3 aromatic rings. The van der Waals surface area contributed by atoms with Gasteiger partial charge in [-0.1, -0.05) is 57.9 Å². The Labute approximate surface area is 213 Å². The molecule has 0 aliphatic carbocycles.